The summed E-state index contributed by atoms with van der Waals surface area (Å²) < 4.78 is 0. The van der Waals surface area contributed by atoms with Crippen molar-refractivity contribution in [3.63, 3.8) is 0 Å². The van der Waals surface area contributed by atoms with Gasteiger partial charge in [0.15, 0.2) is 0 Å². The van der Waals surface area contributed by atoms with Gasteiger partial charge in [-0.15, -0.1) is 0 Å². The minimum Gasteiger partial charge on any atom is -0.389 e. The van der Waals surface area contributed by atoms with E-state index in [1.807, 2.05) is 13.8 Å². The number of aliphatic hydroxyl groups is 1. The molecule has 1 unspecified atom stereocenters. The number of hydrogen-bond acceptors (Lipinski definition) is 1. The van der Waals surface area contributed by atoms with Gasteiger partial charge in [0.05, 0.1) is 6.10 Å². The summed E-state index contributed by atoms with van der Waals surface area (Å²) in [5.41, 5.74) is 0.864. The van der Waals surface area contributed by atoms with Crippen molar-refractivity contribution in [2.75, 3.05) is 0 Å². The largest absolute Gasteiger partial charge is 0.389 e. The van der Waals surface area contributed by atoms with Crippen LogP contribution < -0.4 is 0 Å². The Balaban J connectivity index is 3.60. The molecule has 70 valence electrons. The highest BCUT2D eigenvalue weighted by molar-refractivity contribution is 4.97. The first kappa shape index (κ1) is 11.4. The fourth-order valence-corrected chi connectivity index (χ4v) is 1.09. The zero-order valence-corrected chi connectivity index (χ0v) is 8.38. The molecule has 0 aromatic heterocycles. The molecule has 1 heteroatoms. The van der Waals surface area contributed by atoms with Crippen LogP contribution in [0.25, 0.3) is 0 Å². The van der Waals surface area contributed by atoms with E-state index in [4.69, 9.17) is 0 Å². The van der Waals surface area contributed by atoms with Crippen molar-refractivity contribution in [2.45, 2.75) is 39.7 Å². The van der Waals surface area contributed by atoms with Crippen LogP contribution in [0.15, 0.2) is 24.3 Å². The zero-order chi connectivity index (χ0) is 9.56. The summed E-state index contributed by atoms with van der Waals surface area (Å²) in [6.07, 6.45) is 5.74. The third-order valence-corrected chi connectivity index (χ3v) is 1.99. The van der Waals surface area contributed by atoms with Gasteiger partial charge in [0, 0.05) is 0 Å². The van der Waals surface area contributed by atoms with Gasteiger partial charge >= 0.3 is 0 Å². The van der Waals surface area contributed by atoms with E-state index in [0.29, 0.717) is 5.92 Å². The van der Waals surface area contributed by atoms with Crippen LogP contribution in [0.2, 0.25) is 0 Å². The van der Waals surface area contributed by atoms with Gasteiger partial charge in [0.1, 0.15) is 0 Å². The molecule has 1 nitrogen and oxygen atoms in total. The summed E-state index contributed by atoms with van der Waals surface area (Å²) in [6.45, 7) is 9.75. The number of rotatable bonds is 5. The fraction of sp³-hybridized carbons (Fsp3) is 0.636. The second-order valence-electron chi connectivity index (χ2n) is 3.44. The lowest BCUT2D eigenvalue weighted by molar-refractivity contribution is 0.193. The molecule has 0 fully saturated rings. The predicted octanol–water partition coefficient (Wildman–Crippen LogP) is 2.92. The summed E-state index contributed by atoms with van der Waals surface area (Å²) in [6, 6.07) is 0. The summed E-state index contributed by atoms with van der Waals surface area (Å²) >= 11 is 0. The molecule has 1 N–H and O–H groups in total. The molecule has 0 heterocycles. The molecule has 0 aromatic carbocycles. The Bertz CT molecular complexity index is 158. The van der Waals surface area contributed by atoms with Gasteiger partial charge in [-0.05, 0) is 32.6 Å². The molecule has 0 aromatic rings. The molecular formula is C11H20O. The molecule has 0 radical (unpaired) electrons. The van der Waals surface area contributed by atoms with Crippen molar-refractivity contribution in [1.82, 2.24) is 0 Å². The molecule has 0 amide bonds. The SMILES string of the molecule is C=C(C)C(O)CC[C@@H](C)/C=C\C. The standard InChI is InChI=1S/C11H20O/c1-5-6-10(4)7-8-11(12)9(2)3/h5-6,10-12H,2,7-8H2,1,3-4H3/b6-5-/t10-,11?/m0/s1. The van der Waals surface area contributed by atoms with Crippen molar-refractivity contribution in [3.05, 3.63) is 24.3 Å². The van der Waals surface area contributed by atoms with E-state index in [0.717, 1.165) is 18.4 Å². The zero-order valence-electron chi connectivity index (χ0n) is 8.38. The van der Waals surface area contributed by atoms with Crippen LogP contribution in [0, 0.1) is 5.92 Å². The van der Waals surface area contributed by atoms with Crippen LogP contribution >= 0.6 is 0 Å². The molecule has 0 saturated heterocycles. The van der Waals surface area contributed by atoms with Gasteiger partial charge in [-0.1, -0.05) is 31.2 Å². The van der Waals surface area contributed by atoms with Gasteiger partial charge in [0.25, 0.3) is 0 Å². The number of hydrogen-bond donors (Lipinski definition) is 1. The van der Waals surface area contributed by atoms with E-state index in [1.54, 1.807) is 0 Å². The maximum atomic E-state index is 9.42. The summed E-state index contributed by atoms with van der Waals surface area (Å²) in [5, 5.41) is 9.42. The van der Waals surface area contributed by atoms with E-state index in [2.05, 4.69) is 25.7 Å². The highest BCUT2D eigenvalue weighted by atomic mass is 16.3. The molecule has 2 atom stereocenters. The van der Waals surface area contributed by atoms with Gasteiger partial charge < -0.3 is 5.11 Å². The topological polar surface area (TPSA) is 20.2 Å². The number of aliphatic hydroxyl groups excluding tert-OH is 1. The van der Waals surface area contributed by atoms with Crippen LogP contribution in [-0.4, -0.2) is 11.2 Å². The first-order chi connectivity index (χ1) is 5.57. The monoisotopic (exact) mass is 168 g/mol. The molecule has 0 rings (SSSR count). The Kier molecular flexibility index (Phi) is 5.73. The van der Waals surface area contributed by atoms with Crippen molar-refractivity contribution in [2.24, 2.45) is 5.92 Å². The van der Waals surface area contributed by atoms with E-state index in [-0.39, 0.29) is 6.10 Å². The first-order valence-corrected chi connectivity index (χ1v) is 4.54. The minimum atomic E-state index is -0.322. The Morgan fingerprint density at radius 3 is 2.50 bits per heavy atom. The second kappa shape index (κ2) is 6.01. The van der Waals surface area contributed by atoms with Crippen LogP contribution in [0.1, 0.15) is 33.6 Å². The van der Waals surface area contributed by atoms with E-state index in [9.17, 15) is 5.11 Å². The summed E-state index contributed by atoms with van der Waals surface area (Å²) in [7, 11) is 0. The summed E-state index contributed by atoms with van der Waals surface area (Å²) in [5.74, 6) is 0.559. The van der Waals surface area contributed by atoms with E-state index < -0.39 is 0 Å². The van der Waals surface area contributed by atoms with Crippen molar-refractivity contribution >= 4 is 0 Å². The molecule has 0 aliphatic rings. The molecular weight excluding hydrogens is 148 g/mol. The Labute approximate surface area is 75.8 Å². The maximum Gasteiger partial charge on any atom is 0.0745 e. The van der Waals surface area contributed by atoms with Crippen molar-refractivity contribution in [1.29, 1.82) is 0 Å². The molecule has 0 bridgehead atoms. The van der Waals surface area contributed by atoms with Gasteiger partial charge in [0.2, 0.25) is 0 Å². The fourth-order valence-electron chi connectivity index (χ4n) is 1.09. The summed E-state index contributed by atoms with van der Waals surface area (Å²) in [4.78, 5) is 0. The lowest BCUT2D eigenvalue weighted by Crippen LogP contribution is -2.08. The average Bonchev–Trinajstić information content (AvgIpc) is 2.00. The van der Waals surface area contributed by atoms with E-state index >= 15 is 0 Å². The third kappa shape index (κ3) is 5.14. The maximum absolute atomic E-state index is 9.42. The normalized spacial score (nSPS) is 16.3. The Morgan fingerprint density at radius 1 is 1.50 bits per heavy atom. The van der Waals surface area contributed by atoms with Gasteiger partial charge in [-0.3, -0.25) is 0 Å². The van der Waals surface area contributed by atoms with Gasteiger partial charge in [-0.2, -0.15) is 0 Å². The van der Waals surface area contributed by atoms with Crippen molar-refractivity contribution < 1.29 is 5.11 Å². The molecule has 0 aliphatic carbocycles. The molecule has 0 saturated carbocycles. The first-order valence-electron chi connectivity index (χ1n) is 4.54. The average molecular weight is 168 g/mol. The van der Waals surface area contributed by atoms with Crippen LogP contribution in [0.4, 0.5) is 0 Å². The highest BCUT2D eigenvalue weighted by Gasteiger charge is 2.05. The molecule has 12 heavy (non-hydrogen) atoms. The van der Waals surface area contributed by atoms with Gasteiger partial charge in [-0.25, -0.2) is 0 Å². The molecule has 0 aliphatic heterocycles. The smallest absolute Gasteiger partial charge is 0.0745 e. The quantitative estimate of drug-likeness (QED) is 0.626. The van der Waals surface area contributed by atoms with Crippen LogP contribution in [0.5, 0.6) is 0 Å². The predicted molar refractivity (Wildman–Crippen MR) is 54.0 cm³/mol. The Hall–Kier alpha value is -0.560. The lowest BCUT2D eigenvalue weighted by atomic mass is 10.00. The number of allylic oxidation sites excluding steroid dienone is 2. The Morgan fingerprint density at radius 2 is 2.08 bits per heavy atom. The minimum absolute atomic E-state index is 0.322. The third-order valence-electron chi connectivity index (χ3n) is 1.99. The van der Waals surface area contributed by atoms with Crippen LogP contribution in [-0.2, 0) is 0 Å². The van der Waals surface area contributed by atoms with Crippen LogP contribution in [0.3, 0.4) is 0 Å². The van der Waals surface area contributed by atoms with Crippen molar-refractivity contribution in [3.8, 4) is 0 Å². The highest BCUT2D eigenvalue weighted by Crippen LogP contribution is 2.12. The lowest BCUT2D eigenvalue weighted by Gasteiger charge is -2.11. The second-order valence-corrected chi connectivity index (χ2v) is 3.44. The van der Waals surface area contributed by atoms with E-state index in [1.165, 1.54) is 0 Å². The molecule has 0 spiro atoms.